The van der Waals surface area contributed by atoms with Gasteiger partial charge in [0.25, 0.3) is 0 Å². The van der Waals surface area contributed by atoms with Gasteiger partial charge in [0.05, 0.1) is 16.8 Å². The van der Waals surface area contributed by atoms with E-state index in [9.17, 15) is 5.11 Å². The molecule has 1 heterocycles. The minimum absolute atomic E-state index is 0.0445. The number of hydrogen-bond donors (Lipinski definition) is 1. The van der Waals surface area contributed by atoms with Gasteiger partial charge in [0.2, 0.25) is 0 Å². The van der Waals surface area contributed by atoms with E-state index >= 15 is 0 Å². The summed E-state index contributed by atoms with van der Waals surface area (Å²) in [5, 5.41) is 10.7. The summed E-state index contributed by atoms with van der Waals surface area (Å²) in [6, 6.07) is 4.15. The zero-order chi connectivity index (χ0) is 13.5. The number of aliphatic hydroxyl groups is 1. The molecule has 1 atom stereocenters. The maximum absolute atomic E-state index is 9.92. The smallest absolute Gasteiger partial charge is 0.0716 e. The quantitative estimate of drug-likeness (QED) is 0.839. The summed E-state index contributed by atoms with van der Waals surface area (Å²) in [4.78, 5) is 2.26. The van der Waals surface area contributed by atoms with Crippen LogP contribution in [0.3, 0.4) is 0 Å². The molecule has 2 nitrogen and oxygen atoms in total. The molecular formula is C15H22ClNO. The van der Waals surface area contributed by atoms with E-state index < -0.39 is 0 Å². The van der Waals surface area contributed by atoms with E-state index in [0.717, 1.165) is 23.6 Å². The predicted molar refractivity (Wildman–Crippen MR) is 77.6 cm³/mol. The van der Waals surface area contributed by atoms with Gasteiger partial charge in [0.1, 0.15) is 0 Å². The Bertz CT molecular complexity index is 433. The van der Waals surface area contributed by atoms with Gasteiger partial charge in [-0.2, -0.15) is 0 Å². The van der Waals surface area contributed by atoms with Crippen molar-refractivity contribution in [2.24, 2.45) is 0 Å². The Balaban J connectivity index is 2.46. The topological polar surface area (TPSA) is 23.5 Å². The molecule has 1 saturated heterocycles. The number of halogens is 1. The van der Waals surface area contributed by atoms with Crippen LogP contribution in [-0.4, -0.2) is 23.3 Å². The van der Waals surface area contributed by atoms with Gasteiger partial charge >= 0.3 is 0 Å². The monoisotopic (exact) mass is 267 g/mol. The second kappa shape index (κ2) is 4.75. The van der Waals surface area contributed by atoms with Crippen molar-refractivity contribution in [1.82, 2.24) is 0 Å². The molecule has 1 aromatic carbocycles. The predicted octanol–water partition coefficient (Wildman–Crippen LogP) is 3.70. The van der Waals surface area contributed by atoms with Crippen LogP contribution in [0.15, 0.2) is 12.1 Å². The number of aliphatic hydroxyl groups excluding tert-OH is 1. The Morgan fingerprint density at radius 1 is 1.33 bits per heavy atom. The summed E-state index contributed by atoms with van der Waals surface area (Å²) in [5.74, 6) is 0. The average Bonchev–Trinajstić information content (AvgIpc) is 2.22. The molecule has 0 amide bonds. The van der Waals surface area contributed by atoms with Gasteiger partial charge in [-0.3, -0.25) is 0 Å². The standard InChI is InChI=1S/C15H22ClNO/c1-10-7-11(2)14(13(16)8-10)17-9-12(18)5-6-15(17,3)4/h7-8,12,18H,5-6,9H2,1-4H3. The van der Waals surface area contributed by atoms with E-state index in [-0.39, 0.29) is 11.6 Å². The lowest BCUT2D eigenvalue weighted by atomic mass is 9.88. The third-order valence-corrected chi connectivity index (χ3v) is 4.17. The molecule has 1 unspecified atom stereocenters. The Kier molecular flexibility index (Phi) is 3.61. The van der Waals surface area contributed by atoms with Crippen LogP contribution in [0.2, 0.25) is 5.02 Å². The van der Waals surface area contributed by atoms with Gasteiger partial charge in [-0.25, -0.2) is 0 Å². The molecule has 3 heteroatoms. The van der Waals surface area contributed by atoms with Crippen LogP contribution in [0, 0.1) is 13.8 Å². The molecule has 0 aliphatic carbocycles. The second-order valence-electron chi connectivity index (χ2n) is 6.03. The highest BCUT2D eigenvalue weighted by molar-refractivity contribution is 6.33. The summed E-state index contributed by atoms with van der Waals surface area (Å²) in [6.07, 6.45) is 1.60. The maximum atomic E-state index is 9.92. The molecule has 100 valence electrons. The normalized spacial score (nSPS) is 23.2. The number of nitrogens with zero attached hydrogens (tertiary/aromatic N) is 1. The second-order valence-corrected chi connectivity index (χ2v) is 6.43. The van der Waals surface area contributed by atoms with Gasteiger partial charge < -0.3 is 10.0 Å². The Morgan fingerprint density at radius 3 is 2.61 bits per heavy atom. The van der Waals surface area contributed by atoms with Crippen molar-refractivity contribution >= 4 is 17.3 Å². The lowest BCUT2D eigenvalue weighted by Gasteiger charge is -2.47. The molecule has 1 aliphatic heterocycles. The zero-order valence-corrected chi connectivity index (χ0v) is 12.4. The van der Waals surface area contributed by atoms with Crippen molar-refractivity contribution < 1.29 is 5.11 Å². The van der Waals surface area contributed by atoms with Crippen LogP contribution in [0.5, 0.6) is 0 Å². The van der Waals surface area contributed by atoms with Gasteiger partial charge in [0.15, 0.2) is 0 Å². The lowest BCUT2D eigenvalue weighted by molar-refractivity contribution is 0.126. The summed E-state index contributed by atoms with van der Waals surface area (Å²) >= 11 is 6.42. The van der Waals surface area contributed by atoms with E-state index in [1.807, 2.05) is 6.07 Å². The fraction of sp³-hybridized carbons (Fsp3) is 0.600. The minimum Gasteiger partial charge on any atom is -0.391 e. The number of aryl methyl sites for hydroxylation is 2. The van der Waals surface area contributed by atoms with Crippen LogP contribution < -0.4 is 4.90 Å². The molecule has 1 aliphatic rings. The summed E-state index contributed by atoms with van der Waals surface area (Å²) in [6.45, 7) is 9.24. The molecule has 1 fully saturated rings. The van der Waals surface area contributed by atoms with Crippen molar-refractivity contribution in [1.29, 1.82) is 0 Å². The first-order valence-corrected chi connectivity index (χ1v) is 6.91. The molecule has 0 aromatic heterocycles. The van der Waals surface area contributed by atoms with Crippen LogP contribution in [0.4, 0.5) is 5.69 Å². The Hall–Kier alpha value is -0.730. The van der Waals surface area contributed by atoms with Crippen LogP contribution in [-0.2, 0) is 0 Å². The SMILES string of the molecule is Cc1cc(C)c(N2CC(O)CCC2(C)C)c(Cl)c1. The lowest BCUT2D eigenvalue weighted by Crippen LogP contribution is -2.52. The zero-order valence-electron chi connectivity index (χ0n) is 11.6. The van der Waals surface area contributed by atoms with Gasteiger partial charge in [-0.15, -0.1) is 0 Å². The van der Waals surface area contributed by atoms with Crippen molar-refractivity contribution in [3.63, 3.8) is 0 Å². The highest BCUT2D eigenvalue weighted by Gasteiger charge is 2.35. The number of piperidine rings is 1. The molecule has 1 aromatic rings. The third kappa shape index (κ3) is 2.50. The highest BCUT2D eigenvalue weighted by atomic mass is 35.5. The molecule has 0 bridgehead atoms. The molecule has 0 radical (unpaired) electrons. The van der Waals surface area contributed by atoms with Gasteiger partial charge in [-0.05, 0) is 57.7 Å². The largest absolute Gasteiger partial charge is 0.391 e. The van der Waals surface area contributed by atoms with Crippen molar-refractivity contribution in [3.8, 4) is 0 Å². The number of hydrogen-bond acceptors (Lipinski definition) is 2. The van der Waals surface area contributed by atoms with Crippen LogP contribution >= 0.6 is 11.6 Å². The van der Waals surface area contributed by atoms with E-state index in [0.29, 0.717) is 6.54 Å². The first kappa shape index (κ1) is 13.7. The first-order chi connectivity index (χ1) is 8.31. The molecular weight excluding hydrogens is 246 g/mol. The Labute approximate surface area is 115 Å². The molecule has 1 N–H and O–H groups in total. The first-order valence-electron chi connectivity index (χ1n) is 6.54. The van der Waals surface area contributed by atoms with Gasteiger partial charge in [-0.1, -0.05) is 17.7 Å². The molecule has 0 saturated carbocycles. The Morgan fingerprint density at radius 2 is 2.00 bits per heavy atom. The average molecular weight is 268 g/mol. The highest BCUT2D eigenvalue weighted by Crippen LogP contribution is 2.39. The number of rotatable bonds is 1. The molecule has 18 heavy (non-hydrogen) atoms. The van der Waals surface area contributed by atoms with E-state index in [1.54, 1.807) is 0 Å². The molecule has 0 spiro atoms. The van der Waals surface area contributed by atoms with E-state index in [1.165, 1.54) is 11.1 Å². The van der Waals surface area contributed by atoms with Gasteiger partial charge in [0, 0.05) is 12.1 Å². The van der Waals surface area contributed by atoms with E-state index in [4.69, 9.17) is 11.6 Å². The van der Waals surface area contributed by atoms with Crippen molar-refractivity contribution in [2.45, 2.75) is 52.2 Å². The fourth-order valence-electron chi connectivity index (χ4n) is 2.85. The van der Waals surface area contributed by atoms with Crippen LogP contribution in [0.25, 0.3) is 0 Å². The number of anilines is 1. The fourth-order valence-corrected chi connectivity index (χ4v) is 3.27. The van der Waals surface area contributed by atoms with E-state index in [2.05, 4.69) is 38.7 Å². The van der Waals surface area contributed by atoms with Crippen molar-refractivity contribution in [3.05, 3.63) is 28.3 Å². The number of benzene rings is 1. The maximum Gasteiger partial charge on any atom is 0.0716 e. The van der Waals surface area contributed by atoms with Crippen LogP contribution in [0.1, 0.15) is 37.8 Å². The minimum atomic E-state index is -0.255. The third-order valence-electron chi connectivity index (χ3n) is 3.88. The summed E-state index contributed by atoms with van der Waals surface area (Å²) in [5.41, 5.74) is 3.48. The summed E-state index contributed by atoms with van der Waals surface area (Å²) < 4.78 is 0. The number of β-amino-alcohol motifs (C(OH)–C–C–N with tert-alkyl or cyclic N) is 1. The molecule has 2 rings (SSSR count). The van der Waals surface area contributed by atoms with Crippen molar-refractivity contribution in [2.75, 3.05) is 11.4 Å². The summed E-state index contributed by atoms with van der Waals surface area (Å²) in [7, 11) is 0.